The van der Waals surface area contributed by atoms with Crippen molar-refractivity contribution < 1.29 is 5.11 Å². The number of fused-ring (bicyclic) bond motifs is 1. The van der Waals surface area contributed by atoms with Gasteiger partial charge in [0, 0.05) is 37.5 Å². The summed E-state index contributed by atoms with van der Waals surface area (Å²) in [6.07, 6.45) is 4.93. The number of rotatable bonds is 6. The molecule has 3 nitrogen and oxygen atoms in total. The Labute approximate surface area is 108 Å². The van der Waals surface area contributed by atoms with Crippen molar-refractivity contribution in [3.05, 3.63) is 36.5 Å². The van der Waals surface area contributed by atoms with E-state index < -0.39 is 0 Å². The van der Waals surface area contributed by atoms with Crippen LogP contribution in [0.5, 0.6) is 0 Å². The van der Waals surface area contributed by atoms with E-state index in [1.165, 1.54) is 11.1 Å². The van der Waals surface area contributed by atoms with Gasteiger partial charge in [0.25, 0.3) is 0 Å². The number of aromatic nitrogens is 1. The maximum Gasteiger partial charge on any atom is 0.0722 e. The van der Waals surface area contributed by atoms with Crippen LogP contribution in [0.4, 0.5) is 5.69 Å². The molecule has 1 aromatic carbocycles. The molecule has 0 aliphatic heterocycles. The van der Waals surface area contributed by atoms with Crippen LogP contribution < -0.4 is 4.90 Å². The molecule has 1 heterocycles. The van der Waals surface area contributed by atoms with Gasteiger partial charge in [-0.3, -0.25) is 4.98 Å². The monoisotopic (exact) mass is 244 g/mol. The third-order valence-electron chi connectivity index (χ3n) is 3.19. The lowest BCUT2D eigenvalue weighted by atomic mass is 10.1. The van der Waals surface area contributed by atoms with Crippen molar-refractivity contribution in [1.29, 1.82) is 0 Å². The minimum atomic E-state index is 0.294. The second-order valence-electron chi connectivity index (χ2n) is 4.55. The van der Waals surface area contributed by atoms with Gasteiger partial charge in [0.05, 0.1) is 5.52 Å². The molecule has 18 heavy (non-hydrogen) atoms. The Morgan fingerprint density at radius 2 is 1.94 bits per heavy atom. The Kier molecular flexibility index (Phi) is 4.53. The first kappa shape index (κ1) is 12.8. The maximum atomic E-state index is 8.77. The number of benzene rings is 1. The molecule has 0 radical (unpaired) electrons. The van der Waals surface area contributed by atoms with Crippen LogP contribution >= 0.6 is 0 Å². The van der Waals surface area contributed by atoms with Gasteiger partial charge < -0.3 is 10.0 Å². The topological polar surface area (TPSA) is 36.4 Å². The number of aliphatic hydroxyl groups is 1. The summed E-state index contributed by atoms with van der Waals surface area (Å²) >= 11 is 0. The summed E-state index contributed by atoms with van der Waals surface area (Å²) in [6, 6.07) is 10.3. The third kappa shape index (κ3) is 2.99. The highest BCUT2D eigenvalue weighted by atomic mass is 16.2. The van der Waals surface area contributed by atoms with Gasteiger partial charge in [0.1, 0.15) is 0 Å². The molecule has 0 saturated carbocycles. The molecule has 1 aromatic heterocycles. The molecule has 0 fully saturated rings. The van der Waals surface area contributed by atoms with Gasteiger partial charge in [-0.1, -0.05) is 18.2 Å². The fourth-order valence-electron chi connectivity index (χ4n) is 2.17. The summed E-state index contributed by atoms with van der Waals surface area (Å²) in [5.74, 6) is 0. The Morgan fingerprint density at radius 1 is 1.11 bits per heavy atom. The van der Waals surface area contributed by atoms with E-state index >= 15 is 0 Å². The number of nitrogens with zero attached hydrogens (tertiary/aromatic N) is 2. The minimum absolute atomic E-state index is 0.294. The number of hydrogen-bond donors (Lipinski definition) is 1. The van der Waals surface area contributed by atoms with Gasteiger partial charge in [0.15, 0.2) is 0 Å². The Bertz CT molecular complexity index is 493. The molecule has 1 N–H and O–H groups in total. The van der Waals surface area contributed by atoms with Gasteiger partial charge in [-0.25, -0.2) is 0 Å². The van der Waals surface area contributed by atoms with Crippen molar-refractivity contribution >= 4 is 16.6 Å². The number of hydrogen-bond acceptors (Lipinski definition) is 3. The van der Waals surface area contributed by atoms with Crippen LogP contribution in [0.3, 0.4) is 0 Å². The summed E-state index contributed by atoms with van der Waals surface area (Å²) in [7, 11) is 2.11. The minimum Gasteiger partial charge on any atom is -0.396 e. The van der Waals surface area contributed by atoms with Gasteiger partial charge in [-0.2, -0.15) is 0 Å². The number of unbranched alkanes of at least 4 members (excludes halogenated alkanes) is 2. The van der Waals surface area contributed by atoms with Gasteiger partial charge in [-0.15, -0.1) is 0 Å². The highest BCUT2D eigenvalue weighted by molar-refractivity contribution is 5.91. The zero-order chi connectivity index (χ0) is 12.8. The Hall–Kier alpha value is -1.61. The SMILES string of the molecule is CN(CCCCCO)c1ccnc2ccccc12. The molecule has 0 atom stereocenters. The molecule has 0 saturated heterocycles. The molecule has 2 rings (SSSR count). The average Bonchev–Trinajstić information content (AvgIpc) is 2.43. The van der Waals surface area contributed by atoms with Crippen LogP contribution in [-0.2, 0) is 0 Å². The number of aliphatic hydroxyl groups excluding tert-OH is 1. The maximum absolute atomic E-state index is 8.77. The van der Waals surface area contributed by atoms with E-state index in [-0.39, 0.29) is 0 Å². The van der Waals surface area contributed by atoms with Crippen molar-refractivity contribution in [2.24, 2.45) is 0 Å². The molecular formula is C15H20N2O. The summed E-state index contributed by atoms with van der Waals surface area (Å²) < 4.78 is 0. The summed E-state index contributed by atoms with van der Waals surface area (Å²) in [5.41, 5.74) is 2.27. The van der Waals surface area contributed by atoms with Crippen molar-refractivity contribution in [2.45, 2.75) is 19.3 Å². The van der Waals surface area contributed by atoms with E-state index in [0.717, 1.165) is 31.3 Å². The molecule has 2 aromatic rings. The van der Waals surface area contributed by atoms with Crippen molar-refractivity contribution in [3.63, 3.8) is 0 Å². The van der Waals surface area contributed by atoms with Crippen molar-refractivity contribution in [1.82, 2.24) is 4.98 Å². The summed E-state index contributed by atoms with van der Waals surface area (Å²) in [4.78, 5) is 6.64. The first-order valence-corrected chi connectivity index (χ1v) is 6.48. The Balaban J connectivity index is 2.10. The van der Waals surface area contributed by atoms with E-state index in [1.807, 2.05) is 24.4 Å². The fraction of sp³-hybridized carbons (Fsp3) is 0.400. The van der Waals surface area contributed by atoms with Crippen LogP contribution in [0.15, 0.2) is 36.5 Å². The second-order valence-corrected chi connectivity index (χ2v) is 4.55. The standard InChI is InChI=1S/C15H20N2O/c1-17(11-5-2-6-12-18)15-9-10-16-14-8-4-3-7-13(14)15/h3-4,7-10,18H,2,5-6,11-12H2,1H3. The first-order valence-electron chi connectivity index (χ1n) is 6.48. The number of para-hydroxylation sites is 1. The van der Waals surface area contributed by atoms with Crippen LogP contribution in [0.25, 0.3) is 10.9 Å². The zero-order valence-corrected chi connectivity index (χ0v) is 10.8. The predicted molar refractivity (Wildman–Crippen MR) is 75.9 cm³/mol. The lowest BCUT2D eigenvalue weighted by Crippen LogP contribution is -2.18. The molecule has 3 heteroatoms. The first-order chi connectivity index (χ1) is 8.83. The molecule has 0 bridgehead atoms. The smallest absolute Gasteiger partial charge is 0.0722 e. The molecule has 0 aliphatic carbocycles. The average molecular weight is 244 g/mol. The lowest BCUT2D eigenvalue weighted by molar-refractivity contribution is 0.283. The van der Waals surface area contributed by atoms with E-state index in [4.69, 9.17) is 5.11 Å². The largest absolute Gasteiger partial charge is 0.396 e. The van der Waals surface area contributed by atoms with E-state index in [2.05, 4.69) is 29.1 Å². The fourth-order valence-corrected chi connectivity index (χ4v) is 2.17. The van der Waals surface area contributed by atoms with Crippen LogP contribution in [0, 0.1) is 0 Å². The molecular weight excluding hydrogens is 224 g/mol. The molecule has 0 aliphatic rings. The highest BCUT2D eigenvalue weighted by Crippen LogP contribution is 2.24. The quantitative estimate of drug-likeness (QED) is 0.794. The summed E-state index contributed by atoms with van der Waals surface area (Å²) in [6.45, 7) is 1.30. The molecule has 0 spiro atoms. The van der Waals surface area contributed by atoms with E-state index in [1.54, 1.807) is 0 Å². The van der Waals surface area contributed by atoms with Crippen molar-refractivity contribution in [2.75, 3.05) is 25.1 Å². The van der Waals surface area contributed by atoms with E-state index in [0.29, 0.717) is 6.61 Å². The lowest BCUT2D eigenvalue weighted by Gasteiger charge is -2.20. The number of pyridine rings is 1. The zero-order valence-electron chi connectivity index (χ0n) is 10.8. The number of anilines is 1. The molecule has 0 amide bonds. The van der Waals surface area contributed by atoms with Gasteiger partial charge in [-0.05, 0) is 31.4 Å². The molecule has 96 valence electrons. The second kappa shape index (κ2) is 6.36. The van der Waals surface area contributed by atoms with Crippen LogP contribution in [-0.4, -0.2) is 30.3 Å². The third-order valence-corrected chi connectivity index (χ3v) is 3.19. The summed E-state index contributed by atoms with van der Waals surface area (Å²) in [5, 5.41) is 9.97. The predicted octanol–water partition coefficient (Wildman–Crippen LogP) is 2.83. The molecule has 0 unspecified atom stereocenters. The van der Waals surface area contributed by atoms with Crippen molar-refractivity contribution in [3.8, 4) is 0 Å². The van der Waals surface area contributed by atoms with Crippen LogP contribution in [0.2, 0.25) is 0 Å². The normalized spacial score (nSPS) is 10.8. The van der Waals surface area contributed by atoms with Gasteiger partial charge >= 0.3 is 0 Å². The highest BCUT2D eigenvalue weighted by Gasteiger charge is 2.05. The van der Waals surface area contributed by atoms with E-state index in [9.17, 15) is 0 Å². The van der Waals surface area contributed by atoms with Gasteiger partial charge in [0.2, 0.25) is 0 Å². The Morgan fingerprint density at radius 3 is 2.78 bits per heavy atom. The van der Waals surface area contributed by atoms with Crippen LogP contribution in [0.1, 0.15) is 19.3 Å².